The second kappa shape index (κ2) is 12.6. The molecule has 1 aliphatic rings. The predicted octanol–water partition coefficient (Wildman–Crippen LogP) is 2.87. The van der Waals surface area contributed by atoms with Gasteiger partial charge < -0.3 is 25.4 Å². The van der Waals surface area contributed by atoms with E-state index in [2.05, 4.69) is 10.2 Å². The molecule has 9 nitrogen and oxygen atoms in total. The van der Waals surface area contributed by atoms with Crippen molar-refractivity contribution in [1.29, 1.82) is 0 Å². The van der Waals surface area contributed by atoms with Crippen LogP contribution >= 0.6 is 0 Å². The van der Waals surface area contributed by atoms with Gasteiger partial charge in [0.2, 0.25) is 11.7 Å². The molecule has 0 bridgehead atoms. The number of nitrogens with zero attached hydrogens (tertiary/aromatic N) is 4. The van der Waals surface area contributed by atoms with E-state index in [4.69, 9.17) is 10.8 Å². The highest BCUT2D eigenvalue weighted by Gasteiger charge is 2.40. The second-order valence-electron chi connectivity index (χ2n) is 8.67. The maximum absolute atomic E-state index is 13.7. The molecule has 0 radical (unpaired) electrons. The summed E-state index contributed by atoms with van der Waals surface area (Å²) < 4.78 is 79.3. The summed E-state index contributed by atoms with van der Waals surface area (Å²) in [5.41, 5.74) is 6.35. The van der Waals surface area contributed by atoms with Gasteiger partial charge in [-0.1, -0.05) is 24.3 Å². The summed E-state index contributed by atoms with van der Waals surface area (Å²) in [6, 6.07) is 6.11. The molecule has 1 amide bonds. The summed E-state index contributed by atoms with van der Waals surface area (Å²) in [5, 5.41) is 25.5. The zero-order valence-electron chi connectivity index (χ0n) is 20.5. The van der Waals surface area contributed by atoms with Crippen molar-refractivity contribution in [2.45, 2.75) is 38.1 Å². The average molecular weight is 570 g/mol. The summed E-state index contributed by atoms with van der Waals surface area (Å²) >= 11 is 0. The van der Waals surface area contributed by atoms with Gasteiger partial charge in [-0.2, -0.15) is 13.2 Å². The third-order valence-corrected chi connectivity index (χ3v) is 5.67. The largest absolute Gasteiger partial charge is 0.872 e. The van der Waals surface area contributed by atoms with E-state index in [1.165, 1.54) is 23.1 Å². The number of hydrogen-bond donors (Lipinski definition) is 2. The minimum Gasteiger partial charge on any atom is -0.872 e. The Balaban J connectivity index is 0.000000307. The van der Waals surface area contributed by atoms with Crippen molar-refractivity contribution in [3.8, 4) is 5.75 Å². The lowest BCUT2D eigenvalue weighted by Crippen LogP contribution is -2.42. The fourth-order valence-corrected chi connectivity index (χ4v) is 3.75. The van der Waals surface area contributed by atoms with Crippen LogP contribution in [0.3, 0.4) is 0 Å². The first-order valence-corrected chi connectivity index (χ1v) is 11.6. The molecule has 40 heavy (non-hydrogen) atoms. The molecule has 0 fully saturated rings. The number of carbonyl (C=O) groups is 2. The second-order valence-corrected chi connectivity index (χ2v) is 8.67. The summed E-state index contributed by atoms with van der Waals surface area (Å²) in [5.74, 6) is -6.23. The molecular weight excluding hydrogens is 548 g/mol. The molecule has 2 aromatic carbocycles. The number of fused-ring (bicyclic) bond motifs is 1. The molecule has 1 atom stereocenters. The Morgan fingerprint density at radius 1 is 1.05 bits per heavy atom. The Hall–Kier alpha value is -4.40. The van der Waals surface area contributed by atoms with Crippen LogP contribution in [0.2, 0.25) is 0 Å². The number of carboxylic acid groups (broad SMARTS) is 1. The highest BCUT2D eigenvalue weighted by molar-refractivity contribution is 5.85. The molecule has 1 aromatic heterocycles. The lowest BCUT2D eigenvalue weighted by Gasteiger charge is -2.29. The number of carbonyl (C=O) groups excluding carboxylic acids is 1. The zero-order chi connectivity index (χ0) is 29.6. The van der Waals surface area contributed by atoms with Gasteiger partial charge in [-0.25, -0.2) is 18.0 Å². The third kappa shape index (κ3) is 8.05. The molecule has 3 aromatic rings. The minimum atomic E-state index is -4.64. The van der Waals surface area contributed by atoms with E-state index < -0.39 is 47.4 Å². The van der Waals surface area contributed by atoms with Gasteiger partial charge >= 0.3 is 12.1 Å². The first-order chi connectivity index (χ1) is 18.7. The quantitative estimate of drug-likeness (QED) is 0.264. The number of aromatic nitrogens is 3. The molecule has 2 heterocycles. The molecule has 0 aliphatic carbocycles. The van der Waals surface area contributed by atoms with E-state index in [9.17, 15) is 41.0 Å². The van der Waals surface area contributed by atoms with Crippen molar-refractivity contribution in [3.63, 3.8) is 0 Å². The third-order valence-electron chi connectivity index (χ3n) is 5.67. The normalized spacial score (nSPS) is 13.9. The van der Waals surface area contributed by atoms with Gasteiger partial charge in [0.05, 0.1) is 6.54 Å². The van der Waals surface area contributed by atoms with E-state index in [1.54, 1.807) is 12.1 Å². The summed E-state index contributed by atoms with van der Waals surface area (Å²) in [6.45, 7) is -0.302. The molecule has 0 unspecified atom stereocenters. The number of benzene rings is 2. The summed E-state index contributed by atoms with van der Waals surface area (Å²) in [7, 11) is 0. The molecule has 0 saturated heterocycles. The standard InChI is InChI=1S/C16H15F6N5O.C9H8O3/c17-10-6-12(19)11(18)4-8(10)3-9(23)5-14(28)26-1-2-27-13(7-26)24-25-15(27)16(20,21)22;10-8-4-1-7(2-5-8)3-6-9(11)12/h4,6,9H,1-3,5,7,23H2;1-6,10H,(H,11,12)/p-1/b;6-3+/t9-;/m1./s1. The summed E-state index contributed by atoms with van der Waals surface area (Å²) in [6.07, 6.45) is -2.65. The number of halogens is 6. The molecule has 15 heteroatoms. The van der Waals surface area contributed by atoms with Gasteiger partial charge in [0.25, 0.3) is 0 Å². The monoisotopic (exact) mass is 570 g/mol. The van der Waals surface area contributed by atoms with Gasteiger partial charge in [-0.05, 0) is 29.7 Å². The molecule has 4 rings (SSSR count). The first-order valence-electron chi connectivity index (χ1n) is 11.6. The summed E-state index contributed by atoms with van der Waals surface area (Å²) in [4.78, 5) is 23.7. The van der Waals surface area contributed by atoms with Crippen LogP contribution in [0.5, 0.6) is 5.75 Å². The van der Waals surface area contributed by atoms with Crippen molar-refractivity contribution < 1.29 is 46.1 Å². The fraction of sp³-hybridized carbons (Fsp3) is 0.280. The average Bonchev–Trinajstić information content (AvgIpc) is 3.31. The van der Waals surface area contributed by atoms with Crippen molar-refractivity contribution in [1.82, 2.24) is 19.7 Å². The van der Waals surface area contributed by atoms with Crippen molar-refractivity contribution in [2.24, 2.45) is 5.73 Å². The van der Waals surface area contributed by atoms with Crippen LogP contribution in [-0.4, -0.2) is 49.2 Å². The number of nitrogens with two attached hydrogens (primary N) is 1. The van der Waals surface area contributed by atoms with Crippen LogP contribution in [0, 0.1) is 17.5 Å². The van der Waals surface area contributed by atoms with E-state index >= 15 is 0 Å². The SMILES string of the molecule is N[C@@H](CC(=O)N1CCn2c(nnc2C(F)(F)F)C1)Cc1cc(F)c(F)cc1F.O=C(O)/C=C/c1ccc([O-])cc1. The molecule has 3 N–H and O–H groups in total. The highest BCUT2D eigenvalue weighted by atomic mass is 19.4. The Labute approximate surface area is 223 Å². The highest BCUT2D eigenvalue weighted by Crippen LogP contribution is 2.29. The lowest BCUT2D eigenvalue weighted by molar-refractivity contribution is -0.268. The molecule has 0 spiro atoms. The Morgan fingerprint density at radius 2 is 1.70 bits per heavy atom. The number of alkyl halides is 3. The smallest absolute Gasteiger partial charge is 0.451 e. The Morgan fingerprint density at radius 3 is 2.33 bits per heavy atom. The maximum Gasteiger partial charge on any atom is 0.451 e. The fourth-order valence-electron chi connectivity index (χ4n) is 3.75. The van der Waals surface area contributed by atoms with Crippen molar-refractivity contribution in [2.75, 3.05) is 6.54 Å². The van der Waals surface area contributed by atoms with Crippen LogP contribution in [0.25, 0.3) is 6.08 Å². The van der Waals surface area contributed by atoms with E-state index in [1.807, 2.05) is 0 Å². The van der Waals surface area contributed by atoms with Gasteiger partial charge in [0.15, 0.2) is 17.5 Å². The van der Waals surface area contributed by atoms with Crippen LogP contribution in [0.15, 0.2) is 42.5 Å². The topological polar surface area (TPSA) is 137 Å². The van der Waals surface area contributed by atoms with Crippen LogP contribution in [0.4, 0.5) is 26.3 Å². The van der Waals surface area contributed by atoms with E-state index in [-0.39, 0.29) is 49.6 Å². The molecular formula is C25H22F6N5O4-. The molecule has 214 valence electrons. The Bertz CT molecular complexity index is 1390. The van der Waals surface area contributed by atoms with Crippen LogP contribution in [0.1, 0.15) is 29.2 Å². The Kier molecular flexibility index (Phi) is 9.52. The minimum absolute atomic E-state index is 0.000783. The zero-order valence-corrected chi connectivity index (χ0v) is 20.5. The number of rotatable bonds is 6. The van der Waals surface area contributed by atoms with Gasteiger partial charge in [0.1, 0.15) is 5.82 Å². The maximum atomic E-state index is 13.7. The van der Waals surface area contributed by atoms with Crippen LogP contribution < -0.4 is 10.8 Å². The first kappa shape index (κ1) is 30.1. The van der Waals surface area contributed by atoms with Gasteiger partial charge in [0, 0.05) is 37.7 Å². The van der Waals surface area contributed by atoms with E-state index in [0.29, 0.717) is 17.7 Å². The van der Waals surface area contributed by atoms with E-state index in [0.717, 1.165) is 10.6 Å². The van der Waals surface area contributed by atoms with Gasteiger partial charge in [-0.15, -0.1) is 15.9 Å². The lowest BCUT2D eigenvalue weighted by atomic mass is 10.0. The number of carboxylic acids is 1. The van der Waals surface area contributed by atoms with Crippen LogP contribution in [-0.2, 0) is 35.3 Å². The van der Waals surface area contributed by atoms with Gasteiger partial charge in [-0.3, -0.25) is 4.79 Å². The number of amides is 1. The number of hydrogen-bond acceptors (Lipinski definition) is 6. The van der Waals surface area contributed by atoms with Crippen molar-refractivity contribution >= 4 is 18.0 Å². The molecule has 1 aliphatic heterocycles. The molecule has 0 saturated carbocycles. The van der Waals surface area contributed by atoms with Crippen molar-refractivity contribution in [3.05, 3.63) is 82.7 Å². The number of aliphatic carboxylic acids is 1. The predicted molar refractivity (Wildman–Crippen MR) is 126 cm³/mol.